The molecule has 0 amide bonds. The summed E-state index contributed by atoms with van der Waals surface area (Å²) in [5.74, 6) is 0.985. The van der Waals surface area contributed by atoms with Crippen molar-refractivity contribution in [3.8, 4) is 0 Å². The fourth-order valence-corrected chi connectivity index (χ4v) is 2.18. The van der Waals surface area contributed by atoms with Crippen LogP contribution in [0.1, 0.15) is 36.2 Å². The highest BCUT2D eigenvalue weighted by molar-refractivity contribution is 5.90. The number of carboxylic acid groups (broad SMARTS) is 1. The molecule has 0 saturated heterocycles. The number of aromatic carboxylic acids is 1. The predicted molar refractivity (Wildman–Crippen MR) is 66.7 cm³/mol. The topological polar surface area (TPSA) is 66.3 Å². The van der Waals surface area contributed by atoms with E-state index in [9.17, 15) is 9.90 Å². The summed E-state index contributed by atoms with van der Waals surface area (Å²) in [5, 5.41) is 9.18. The highest BCUT2D eigenvalue weighted by Gasteiger charge is 2.31. The van der Waals surface area contributed by atoms with E-state index >= 15 is 0 Å². The molecule has 1 aromatic heterocycles. The highest BCUT2D eigenvalue weighted by Crippen LogP contribution is 2.35. The summed E-state index contributed by atoms with van der Waals surface area (Å²) in [6.07, 6.45) is 8.04. The second kappa shape index (κ2) is 4.55. The third-order valence-electron chi connectivity index (χ3n) is 3.53. The summed E-state index contributed by atoms with van der Waals surface area (Å²) in [6, 6.07) is 0. The molecular formula is C13H17N3O2. The van der Waals surface area contributed by atoms with Crippen LogP contribution in [0, 0.1) is 11.8 Å². The average Bonchev–Trinajstić information content (AvgIpc) is 3.23. The van der Waals surface area contributed by atoms with Gasteiger partial charge in [0, 0.05) is 25.5 Å². The van der Waals surface area contributed by atoms with Gasteiger partial charge in [0.15, 0.2) is 11.5 Å². The summed E-state index contributed by atoms with van der Waals surface area (Å²) in [7, 11) is 0. The molecule has 0 aliphatic heterocycles. The first-order chi connectivity index (χ1) is 8.74. The molecule has 5 nitrogen and oxygen atoms in total. The maximum absolute atomic E-state index is 11.2. The summed E-state index contributed by atoms with van der Waals surface area (Å²) in [6.45, 7) is 1.85. The van der Waals surface area contributed by atoms with Gasteiger partial charge in [-0.1, -0.05) is 0 Å². The normalized spacial score (nSPS) is 18.7. The van der Waals surface area contributed by atoms with Crippen LogP contribution in [-0.4, -0.2) is 34.1 Å². The maximum Gasteiger partial charge on any atom is 0.358 e. The van der Waals surface area contributed by atoms with Gasteiger partial charge >= 0.3 is 5.97 Å². The SMILES string of the molecule is O=C(O)c1nccnc1N(CC1CC1)CC1CC1. The Balaban J connectivity index is 1.84. The van der Waals surface area contributed by atoms with Crippen LogP contribution in [-0.2, 0) is 0 Å². The van der Waals surface area contributed by atoms with E-state index in [4.69, 9.17) is 0 Å². The molecule has 1 heterocycles. The van der Waals surface area contributed by atoms with Crippen LogP contribution in [0.15, 0.2) is 12.4 Å². The zero-order valence-electron chi connectivity index (χ0n) is 10.2. The molecule has 18 heavy (non-hydrogen) atoms. The molecule has 1 aromatic rings. The molecule has 0 bridgehead atoms. The number of rotatable bonds is 6. The highest BCUT2D eigenvalue weighted by atomic mass is 16.4. The minimum Gasteiger partial charge on any atom is -0.476 e. The number of hydrogen-bond donors (Lipinski definition) is 1. The van der Waals surface area contributed by atoms with Gasteiger partial charge in [-0.15, -0.1) is 0 Å². The lowest BCUT2D eigenvalue weighted by molar-refractivity contribution is 0.0690. The predicted octanol–water partition coefficient (Wildman–Crippen LogP) is 1.80. The standard InChI is InChI=1S/C13H17N3O2/c17-13(18)11-12(15-6-5-14-11)16(7-9-1-2-9)8-10-3-4-10/h5-6,9-10H,1-4,7-8H2,(H,17,18). The fourth-order valence-electron chi connectivity index (χ4n) is 2.18. The van der Waals surface area contributed by atoms with E-state index in [0.29, 0.717) is 17.7 Å². The van der Waals surface area contributed by atoms with Crippen molar-refractivity contribution in [1.29, 1.82) is 0 Å². The lowest BCUT2D eigenvalue weighted by Gasteiger charge is -2.24. The van der Waals surface area contributed by atoms with Gasteiger partial charge in [0.25, 0.3) is 0 Å². The first-order valence-electron chi connectivity index (χ1n) is 6.53. The molecular weight excluding hydrogens is 230 g/mol. The van der Waals surface area contributed by atoms with Gasteiger partial charge in [-0.3, -0.25) is 0 Å². The van der Waals surface area contributed by atoms with Gasteiger partial charge in [-0.2, -0.15) is 0 Å². The van der Waals surface area contributed by atoms with Crippen molar-refractivity contribution in [3.05, 3.63) is 18.1 Å². The number of nitrogens with zero attached hydrogens (tertiary/aromatic N) is 3. The monoisotopic (exact) mass is 247 g/mol. The van der Waals surface area contributed by atoms with Crippen molar-refractivity contribution in [1.82, 2.24) is 9.97 Å². The molecule has 96 valence electrons. The zero-order valence-corrected chi connectivity index (χ0v) is 10.2. The molecule has 2 fully saturated rings. The second-order valence-electron chi connectivity index (χ2n) is 5.33. The number of aromatic nitrogens is 2. The Hall–Kier alpha value is -1.65. The van der Waals surface area contributed by atoms with Crippen LogP contribution >= 0.6 is 0 Å². The Labute approximate surface area is 106 Å². The van der Waals surface area contributed by atoms with Crippen molar-refractivity contribution in [2.75, 3.05) is 18.0 Å². The Morgan fingerprint density at radius 3 is 2.22 bits per heavy atom. The molecule has 0 aromatic carbocycles. The molecule has 5 heteroatoms. The summed E-state index contributed by atoms with van der Waals surface area (Å²) in [5.41, 5.74) is 0.0822. The summed E-state index contributed by atoms with van der Waals surface area (Å²) < 4.78 is 0. The zero-order chi connectivity index (χ0) is 12.5. The van der Waals surface area contributed by atoms with E-state index in [-0.39, 0.29) is 5.69 Å². The third-order valence-corrected chi connectivity index (χ3v) is 3.53. The molecule has 2 saturated carbocycles. The number of hydrogen-bond acceptors (Lipinski definition) is 4. The minimum absolute atomic E-state index is 0.0822. The van der Waals surface area contributed by atoms with Crippen molar-refractivity contribution in [3.63, 3.8) is 0 Å². The Morgan fingerprint density at radius 1 is 1.17 bits per heavy atom. The van der Waals surface area contributed by atoms with E-state index in [1.165, 1.54) is 31.9 Å². The quantitative estimate of drug-likeness (QED) is 0.830. The van der Waals surface area contributed by atoms with Crippen LogP contribution < -0.4 is 4.90 Å². The number of anilines is 1. The average molecular weight is 247 g/mol. The van der Waals surface area contributed by atoms with Gasteiger partial charge in [-0.05, 0) is 37.5 Å². The Morgan fingerprint density at radius 2 is 1.72 bits per heavy atom. The van der Waals surface area contributed by atoms with E-state index in [2.05, 4.69) is 14.9 Å². The molecule has 2 aliphatic rings. The molecule has 3 rings (SSSR count). The maximum atomic E-state index is 11.2. The Bertz CT molecular complexity index is 441. The van der Waals surface area contributed by atoms with Crippen LogP contribution in [0.3, 0.4) is 0 Å². The Kier molecular flexibility index (Phi) is 2.89. The second-order valence-corrected chi connectivity index (χ2v) is 5.33. The van der Waals surface area contributed by atoms with Crippen molar-refractivity contribution < 1.29 is 9.90 Å². The van der Waals surface area contributed by atoms with E-state index in [1.54, 1.807) is 6.20 Å². The molecule has 0 spiro atoms. The van der Waals surface area contributed by atoms with Crippen LogP contribution in [0.25, 0.3) is 0 Å². The van der Waals surface area contributed by atoms with Crippen LogP contribution in [0.2, 0.25) is 0 Å². The van der Waals surface area contributed by atoms with E-state index in [1.807, 2.05) is 0 Å². The molecule has 2 aliphatic carbocycles. The van der Waals surface area contributed by atoms with E-state index in [0.717, 1.165) is 13.1 Å². The summed E-state index contributed by atoms with van der Waals surface area (Å²) >= 11 is 0. The number of carbonyl (C=O) groups is 1. The smallest absolute Gasteiger partial charge is 0.358 e. The molecule has 0 atom stereocenters. The lowest BCUT2D eigenvalue weighted by Crippen LogP contribution is -2.31. The third kappa shape index (κ3) is 2.60. The van der Waals surface area contributed by atoms with Gasteiger partial charge in [-0.25, -0.2) is 14.8 Å². The van der Waals surface area contributed by atoms with Gasteiger partial charge in [0.1, 0.15) is 0 Å². The van der Waals surface area contributed by atoms with Crippen LogP contribution in [0.5, 0.6) is 0 Å². The first-order valence-corrected chi connectivity index (χ1v) is 6.53. The van der Waals surface area contributed by atoms with Crippen molar-refractivity contribution in [2.24, 2.45) is 11.8 Å². The van der Waals surface area contributed by atoms with Gasteiger partial charge < -0.3 is 10.0 Å². The lowest BCUT2D eigenvalue weighted by atomic mass is 10.2. The van der Waals surface area contributed by atoms with Crippen molar-refractivity contribution in [2.45, 2.75) is 25.7 Å². The van der Waals surface area contributed by atoms with Gasteiger partial charge in [0.05, 0.1) is 0 Å². The minimum atomic E-state index is -0.991. The number of carboxylic acids is 1. The molecule has 0 radical (unpaired) electrons. The van der Waals surface area contributed by atoms with E-state index < -0.39 is 5.97 Å². The fraction of sp³-hybridized carbons (Fsp3) is 0.615. The van der Waals surface area contributed by atoms with Gasteiger partial charge in [0.2, 0.25) is 0 Å². The summed E-state index contributed by atoms with van der Waals surface area (Å²) in [4.78, 5) is 21.5. The molecule has 1 N–H and O–H groups in total. The van der Waals surface area contributed by atoms with Crippen molar-refractivity contribution >= 4 is 11.8 Å². The first kappa shape index (κ1) is 11.4. The largest absolute Gasteiger partial charge is 0.476 e. The van der Waals surface area contributed by atoms with Crippen LogP contribution in [0.4, 0.5) is 5.82 Å². The molecule has 0 unspecified atom stereocenters.